The zero-order valence-electron chi connectivity index (χ0n) is 17.8. The van der Waals surface area contributed by atoms with Crippen molar-refractivity contribution in [1.82, 2.24) is 30.1 Å². The lowest BCUT2D eigenvalue weighted by Crippen LogP contribution is -2.08. The summed E-state index contributed by atoms with van der Waals surface area (Å²) in [5.41, 5.74) is 7.90. The van der Waals surface area contributed by atoms with E-state index in [2.05, 4.69) is 32.3 Å². The highest BCUT2D eigenvalue weighted by molar-refractivity contribution is 7.19. The van der Waals surface area contributed by atoms with Crippen molar-refractivity contribution in [1.29, 1.82) is 0 Å². The van der Waals surface area contributed by atoms with Gasteiger partial charge in [-0.1, -0.05) is 23.7 Å². The molecular formula is C24H18ClN7S. The van der Waals surface area contributed by atoms with Crippen LogP contribution in [-0.2, 0) is 0 Å². The first-order valence-corrected chi connectivity index (χ1v) is 11.5. The van der Waals surface area contributed by atoms with Gasteiger partial charge in [0, 0.05) is 36.3 Å². The summed E-state index contributed by atoms with van der Waals surface area (Å²) < 4.78 is 0.751. The molecule has 5 aromatic heterocycles. The number of rotatable bonds is 4. The summed E-state index contributed by atoms with van der Waals surface area (Å²) in [6, 6.07) is 16.0. The molecule has 0 fully saturated rings. The number of halogens is 1. The topological polar surface area (TPSA) is 86.4 Å². The van der Waals surface area contributed by atoms with Crippen LogP contribution in [0.25, 0.3) is 55.3 Å². The van der Waals surface area contributed by atoms with Crippen LogP contribution in [0, 0.1) is 0 Å². The monoisotopic (exact) mass is 471 g/mol. The van der Waals surface area contributed by atoms with E-state index < -0.39 is 0 Å². The molecule has 0 aliphatic carbocycles. The van der Waals surface area contributed by atoms with Crippen LogP contribution in [0.3, 0.4) is 0 Å². The summed E-state index contributed by atoms with van der Waals surface area (Å²) in [7, 11) is 3.98. The molecule has 7 nitrogen and oxygen atoms in total. The molecule has 162 valence electrons. The molecule has 1 aromatic carbocycles. The quantitative estimate of drug-likeness (QED) is 0.328. The number of H-pyrrole nitrogens is 2. The third kappa shape index (κ3) is 3.44. The maximum Gasteiger partial charge on any atom is 0.161 e. The molecule has 33 heavy (non-hydrogen) atoms. The Hall–Kier alpha value is -3.75. The first-order chi connectivity index (χ1) is 16.1. The highest BCUT2D eigenvalue weighted by Gasteiger charge is 2.17. The fraction of sp³-hybridized carbons (Fsp3) is 0.0833. The molecule has 0 aliphatic rings. The van der Waals surface area contributed by atoms with E-state index in [0.717, 1.165) is 53.8 Å². The largest absolute Gasteiger partial charge is 0.376 e. The summed E-state index contributed by atoms with van der Waals surface area (Å²) in [5, 5.41) is 7.60. The maximum absolute atomic E-state index is 6.17. The van der Waals surface area contributed by atoms with Crippen LogP contribution >= 0.6 is 22.9 Å². The van der Waals surface area contributed by atoms with Crippen molar-refractivity contribution in [2.24, 2.45) is 0 Å². The lowest BCUT2D eigenvalue weighted by atomic mass is 10.1. The van der Waals surface area contributed by atoms with Crippen LogP contribution < -0.4 is 4.90 Å². The number of imidazole rings is 1. The number of nitrogens with one attached hydrogen (secondary N) is 2. The van der Waals surface area contributed by atoms with E-state index >= 15 is 0 Å². The number of para-hydroxylation sites is 1. The van der Waals surface area contributed by atoms with E-state index in [1.807, 2.05) is 67.8 Å². The van der Waals surface area contributed by atoms with Gasteiger partial charge in [-0.15, -0.1) is 11.3 Å². The maximum atomic E-state index is 6.17. The van der Waals surface area contributed by atoms with Crippen molar-refractivity contribution in [2.45, 2.75) is 0 Å². The van der Waals surface area contributed by atoms with Crippen molar-refractivity contribution in [3.05, 3.63) is 65.3 Å². The fourth-order valence-corrected chi connectivity index (χ4v) is 4.91. The van der Waals surface area contributed by atoms with E-state index in [-0.39, 0.29) is 0 Å². The van der Waals surface area contributed by atoms with Gasteiger partial charge < -0.3 is 9.88 Å². The van der Waals surface area contributed by atoms with Gasteiger partial charge in [-0.05, 0) is 36.4 Å². The first kappa shape index (κ1) is 19.9. The van der Waals surface area contributed by atoms with Crippen LogP contribution in [0.2, 0.25) is 4.34 Å². The molecule has 0 radical (unpaired) electrons. The lowest BCUT2D eigenvalue weighted by molar-refractivity contribution is 1.10. The summed E-state index contributed by atoms with van der Waals surface area (Å²) >= 11 is 7.70. The molecule has 0 bridgehead atoms. The Morgan fingerprint density at radius 2 is 1.85 bits per heavy atom. The van der Waals surface area contributed by atoms with Crippen LogP contribution in [0.5, 0.6) is 0 Å². The van der Waals surface area contributed by atoms with E-state index in [4.69, 9.17) is 21.6 Å². The van der Waals surface area contributed by atoms with Crippen molar-refractivity contribution in [3.63, 3.8) is 0 Å². The number of hydrogen-bond donors (Lipinski definition) is 2. The second-order valence-corrected chi connectivity index (χ2v) is 9.60. The van der Waals surface area contributed by atoms with E-state index in [0.29, 0.717) is 11.5 Å². The van der Waals surface area contributed by atoms with Crippen LogP contribution in [-0.4, -0.2) is 44.2 Å². The van der Waals surface area contributed by atoms with Gasteiger partial charge in [-0.2, -0.15) is 5.10 Å². The Kier molecular flexibility index (Phi) is 4.63. The third-order valence-corrected chi connectivity index (χ3v) is 6.78. The van der Waals surface area contributed by atoms with Crippen LogP contribution in [0.1, 0.15) is 0 Å². The number of anilines is 1. The van der Waals surface area contributed by atoms with Crippen molar-refractivity contribution < 1.29 is 0 Å². The van der Waals surface area contributed by atoms with Crippen molar-refractivity contribution in [3.8, 4) is 33.2 Å². The first-order valence-electron chi connectivity index (χ1n) is 10.3. The number of pyridine rings is 2. The van der Waals surface area contributed by atoms with Gasteiger partial charge in [0.15, 0.2) is 11.5 Å². The minimum absolute atomic E-state index is 0.663. The smallest absolute Gasteiger partial charge is 0.161 e. The van der Waals surface area contributed by atoms with Gasteiger partial charge in [0.1, 0.15) is 5.52 Å². The number of aromatic nitrogens is 6. The van der Waals surface area contributed by atoms with E-state index in [1.165, 1.54) is 11.3 Å². The molecule has 2 N–H and O–H groups in total. The van der Waals surface area contributed by atoms with Crippen molar-refractivity contribution >= 4 is 50.7 Å². The Labute approximate surface area is 198 Å². The number of nitrogens with zero attached hydrogens (tertiary/aromatic N) is 5. The number of fused-ring (bicyclic) bond motifs is 2. The molecule has 5 heterocycles. The predicted octanol–water partition coefficient (Wildman–Crippen LogP) is 6.01. The molecule has 9 heteroatoms. The molecule has 0 aliphatic heterocycles. The highest BCUT2D eigenvalue weighted by atomic mass is 35.5. The molecule has 0 spiro atoms. The normalized spacial score (nSPS) is 11.5. The average molecular weight is 472 g/mol. The molecule has 6 aromatic rings. The summed E-state index contributed by atoms with van der Waals surface area (Å²) in [5.74, 6) is 0.663. The predicted molar refractivity (Wildman–Crippen MR) is 135 cm³/mol. The number of aromatic amines is 2. The standard InChI is InChI=1S/C24H18ClN7S/c1-32(2)14-10-13(11-26-12-14)16-6-7-18-22(27-16)23(31-30-18)24-28-17-5-3-4-15(21(17)29-24)19-8-9-20(25)33-19/h3-12H,1-2H3,(H,28,29)(H,30,31). The van der Waals surface area contributed by atoms with E-state index in [9.17, 15) is 0 Å². The average Bonchev–Trinajstić information content (AvgIpc) is 3.55. The molecule has 0 saturated carbocycles. The summed E-state index contributed by atoms with van der Waals surface area (Å²) in [4.78, 5) is 20.7. The number of benzene rings is 1. The van der Waals surface area contributed by atoms with Gasteiger partial charge in [-0.3, -0.25) is 10.1 Å². The molecule has 0 saturated heterocycles. The second kappa shape index (κ2) is 7.68. The zero-order chi connectivity index (χ0) is 22.5. The van der Waals surface area contributed by atoms with E-state index in [1.54, 1.807) is 0 Å². The van der Waals surface area contributed by atoms with Gasteiger partial charge in [0.2, 0.25) is 0 Å². The minimum atomic E-state index is 0.663. The summed E-state index contributed by atoms with van der Waals surface area (Å²) in [6.07, 6.45) is 3.65. The van der Waals surface area contributed by atoms with Crippen LogP contribution in [0.15, 0.2) is 60.9 Å². The van der Waals surface area contributed by atoms with Gasteiger partial charge >= 0.3 is 0 Å². The Bertz CT molecular complexity index is 1630. The Morgan fingerprint density at radius 1 is 0.939 bits per heavy atom. The minimum Gasteiger partial charge on any atom is -0.376 e. The second-order valence-electron chi connectivity index (χ2n) is 7.88. The highest BCUT2D eigenvalue weighted by Crippen LogP contribution is 2.36. The SMILES string of the molecule is CN(C)c1cncc(-c2ccc3[nH]nc(-c4nc5c(-c6ccc(Cl)s6)cccc5[nH]4)c3n2)c1. The Balaban J connectivity index is 1.48. The molecule has 0 atom stereocenters. The van der Waals surface area contributed by atoms with Gasteiger partial charge in [-0.25, -0.2) is 9.97 Å². The van der Waals surface area contributed by atoms with Crippen LogP contribution in [0.4, 0.5) is 5.69 Å². The fourth-order valence-electron chi connectivity index (χ4n) is 3.84. The summed E-state index contributed by atoms with van der Waals surface area (Å²) in [6.45, 7) is 0. The molecule has 0 unspecified atom stereocenters. The lowest BCUT2D eigenvalue weighted by Gasteiger charge is -2.12. The molecule has 6 rings (SSSR count). The molecule has 0 amide bonds. The third-order valence-electron chi connectivity index (χ3n) is 5.52. The zero-order valence-corrected chi connectivity index (χ0v) is 19.4. The van der Waals surface area contributed by atoms with Crippen molar-refractivity contribution in [2.75, 3.05) is 19.0 Å². The van der Waals surface area contributed by atoms with Gasteiger partial charge in [0.05, 0.1) is 38.5 Å². The van der Waals surface area contributed by atoms with Gasteiger partial charge in [0.25, 0.3) is 0 Å². The number of thiophene rings is 1. The Morgan fingerprint density at radius 3 is 2.67 bits per heavy atom. The number of hydrogen-bond acceptors (Lipinski definition) is 6. The molecular weight excluding hydrogens is 454 g/mol.